The maximum absolute atomic E-state index is 11.4. The molecule has 1 saturated carbocycles. The largest absolute Gasteiger partial charge is 0.456 e. The summed E-state index contributed by atoms with van der Waals surface area (Å²) in [4.78, 5) is 130. The summed E-state index contributed by atoms with van der Waals surface area (Å²) in [7, 11) is 16.4. The Kier molecular flexibility index (Phi) is 43.3. The lowest BCUT2D eigenvalue weighted by Gasteiger charge is -2.24. The minimum Gasteiger partial charge on any atom is -0.456 e. The van der Waals surface area contributed by atoms with Gasteiger partial charge in [-0.3, -0.25) is 52.9 Å². The highest BCUT2D eigenvalue weighted by atomic mass is 32.1. The number of nitrogens with one attached hydrogen (secondary N) is 9. The number of fused-ring (bicyclic) bond motifs is 1. The van der Waals surface area contributed by atoms with Gasteiger partial charge in [-0.1, -0.05) is 55.3 Å². The first-order chi connectivity index (χ1) is 48.4. The quantitative estimate of drug-likeness (QED) is 0.0649. The Hall–Kier alpha value is -10.3. The molecule has 102 heavy (non-hydrogen) atoms. The van der Waals surface area contributed by atoms with E-state index in [0.717, 1.165) is 79.1 Å². The average molecular weight is 1460 g/mol. The SMILES string of the molecule is CCC(=O)NC.CNC(=O)C1CCC(C)CC1.CNC(=O)c1cc(C)cs1.CNC(=O)c1ccc(C)cc1.CNC(=O)c1ccc(C)cn1.CNC(=O)c1ccc(C)o1.CNC(=O)c1ccc(C)s1.CNC(=O)c1ncc(C)cn1.CNC(=O)c1ncc(C)s1.Cc1ccc2c(c1)CN(C)C2=O. The van der Waals surface area contributed by atoms with E-state index >= 15 is 0 Å². The second-order valence-electron chi connectivity index (χ2n) is 22.7. The molecule has 7 heterocycles. The van der Waals surface area contributed by atoms with E-state index in [1.165, 1.54) is 57.3 Å². The molecule has 1 fully saturated rings. The van der Waals surface area contributed by atoms with Crippen LogP contribution in [0.1, 0.15) is 176 Å². The number of aryl methyl sites for hydroxylation is 8. The van der Waals surface area contributed by atoms with Gasteiger partial charge in [0.15, 0.2) is 10.8 Å². The van der Waals surface area contributed by atoms with Crippen LogP contribution in [0, 0.1) is 67.2 Å². The maximum Gasteiger partial charge on any atom is 0.288 e. The molecule has 9 N–H and O–H groups in total. The molecular formula is C74H102N14O11S3. The van der Waals surface area contributed by atoms with E-state index in [4.69, 9.17) is 4.42 Å². The molecule has 0 unspecified atom stereocenters. The van der Waals surface area contributed by atoms with E-state index in [9.17, 15) is 47.9 Å². The number of aromatic nitrogens is 4. The van der Waals surface area contributed by atoms with Crippen LogP contribution in [0.25, 0.3) is 0 Å². The minimum absolute atomic E-state index is 0.00176. The van der Waals surface area contributed by atoms with Gasteiger partial charge in [-0.15, -0.1) is 34.0 Å². The van der Waals surface area contributed by atoms with E-state index in [2.05, 4.69) is 80.8 Å². The van der Waals surface area contributed by atoms with E-state index in [1.54, 1.807) is 118 Å². The summed E-state index contributed by atoms with van der Waals surface area (Å²) in [5.74, 6) is 2.17. The maximum atomic E-state index is 11.4. The lowest BCUT2D eigenvalue weighted by Crippen LogP contribution is -2.30. The van der Waals surface area contributed by atoms with Crippen molar-refractivity contribution in [3.63, 3.8) is 0 Å². The van der Waals surface area contributed by atoms with Gasteiger partial charge in [-0.25, -0.2) is 15.0 Å². The lowest BCUT2D eigenvalue weighted by molar-refractivity contribution is -0.125. The molecule has 25 nitrogen and oxygen atoms in total. The lowest BCUT2D eigenvalue weighted by atomic mass is 9.83. The van der Waals surface area contributed by atoms with Crippen molar-refractivity contribution in [2.24, 2.45) is 11.8 Å². The monoisotopic (exact) mass is 1460 g/mol. The highest BCUT2D eigenvalue weighted by Crippen LogP contribution is 2.28. The second kappa shape index (κ2) is 49.3. The van der Waals surface area contributed by atoms with Crippen LogP contribution in [-0.2, 0) is 16.1 Å². The third kappa shape index (κ3) is 34.6. The van der Waals surface area contributed by atoms with Gasteiger partial charge < -0.3 is 57.2 Å². The van der Waals surface area contributed by atoms with Gasteiger partial charge in [0.2, 0.25) is 17.6 Å². The van der Waals surface area contributed by atoms with Gasteiger partial charge in [0, 0.05) is 135 Å². The molecule has 8 aromatic rings. The summed E-state index contributed by atoms with van der Waals surface area (Å²) < 4.78 is 5.02. The predicted octanol–water partition coefficient (Wildman–Crippen LogP) is 10.1. The molecule has 1 aliphatic heterocycles. The number of amides is 10. The summed E-state index contributed by atoms with van der Waals surface area (Å²) in [6, 6.07) is 26.1. The summed E-state index contributed by atoms with van der Waals surface area (Å²) in [6.45, 7) is 20.4. The zero-order chi connectivity index (χ0) is 77.0. The number of nitrogens with zero attached hydrogens (tertiary/aromatic N) is 5. The molecule has 10 rings (SSSR count). The van der Waals surface area contributed by atoms with Crippen LogP contribution in [-0.4, -0.2) is 154 Å². The van der Waals surface area contributed by atoms with Gasteiger partial charge in [0.25, 0.3) is 47.3 Å². The van der Waals surface area contributed by atoms with Crippen molar-refractivity contribution in [2.45, 2.75) is 108 Å². The number of furan rings is 1. The smallest absolute Gasteiger partial charge is 0.288 e. The fourth-order valence-electron chi connectivity index (χ4n) is 8.30. The first-order valence-electron chi connectivity index (χ1n) is 32.6. The zero-order valence-corrected chi connectivity index (χ0v) is 64.8. The predicted molar refractivity (Wildman–Crippen MR) is 406 cm³/mol. The van der Waals surface area contributed by atoms with Crippen LogP contribution < -0.4 is 47.9 Å². The third-order valence-corrected chi connectivity index (χ3v) is 17.2. The molecule has 0 atom stereocenters. The van der Waals surface area contributed by atoms with E-state index < -0.39 is 0 Å². The zero-order valence-electron chi connectivity index (χ0n) is 62.3. The standard InChI is InChI=1S/C10H11NO.C9H17NO.C9H11NO.C8H10N2O.C7H9N3O.C7H9NO2.2C7H9NOS.C6H8N2OS.C4H9NO/c1-7-3-4-9-8(5-7)6-11(2)10(9)12;2*1-7-3-5-8(6-4-7)9(11)10-2;1-6-3-4-7(10-5-6)8(11)9-2;1-5-3-9-6(10-4-5)7(11)8-2;1-5-3-4-6(10-5)7(9)8-2;1-5-3-6(10-4-5)7(9)8-2;1-5-3-4-6(10-5)7(9)8-2;1-4-3-8-6(10-4)5(9)7-2;1-3-4(6)5-2/h3-5H,6H2,1-2H3;7-8H,3-6H2,1-2H3,(H,10,11);3-6H,1-2H3,(H,10,11);3-5H,1-2H3,(H,9,11);3-4H,1-2H3,(H,8,11);3*3-4H,1-2H3,(H,8,9);3H,1-2H3,(H,7,9);3H2,1-2H3,(H,5,6). The summed E-state index contributed by atoms with van der Waals surface area (Å²) in [5, 5.41) is 25.3. The van der Waals surface area contributed by atoms with Gasteiger partial charge in [0.05, 0.1) is 9.75 Å². The molecule has 0 bridgehead atoms. The molecule has 0 saturated heterocycles. The number of rotatable bonds is 9. The summed E-state index contributed by atoms with van der Waals surface area (Å²) >= 11 is 4.38. The Morgan fingerprint density at radius 3 is 1.48 bits per heavy atom. The van der Waals surface area contributed by atoms with Gasteiger partial charge in [0.1, 0.15) is 11.5 Å². The van der Waals surface area contributed by atoms with Crippen molar-refractivity contribution in [2.75, 3.05) is 70.5 Å². The number of pyridine rings is 1. The van der Waals surface area contributed by atoms with Crippen molar-refractivity contribution in [3.05, 3.63) is 207 Å². The fourth-order valence-corrected chi connectivity index (χ4v) is 10.7. The molecular weight excluding hydrogens is 1360 g/mol. The normalized spacial score (nSPS) is 12.3. The fraction of sp³-hybridized carbons (Fsp3) is 0.378. The van der Waals surface area contributed by atoms with E-state index in [1.807, 2.05) is 128 Å². The van der Waals surface area contributed by atoms with E-state index in [-0.39, 0.29) is 64.9 Å². The van der Waals surface area contributed by atoms with Gasteiger partial charge >= 0.3 is 0 Å². The highest BCUT2D eigenvalue weighted by molar-refractivity contribution is 7.14. The molecule has 2 aliphatic rings. The Morgan fingerprint density at radius 1 is 0.490 bits per heavy atom. The number of hydrogen-bond acceptors (Lipinski definition) is 18. The van der Waals surface area contributed by atoms with Gasteiger partial charge in [-0.2, -0.15) is 0 Å². The number of benzene rings is 2. The molecule has 2 aromatic carbocycles. The number of thiazole rings is 1. The first-order valence-corrected chi connectivity index (χ1v) is 35.1. The second-order valence-corrected chi connectivity index (χ2v) is 26.2. The van der Waals surface area contributed by atoms with Crippen molar-refractivity contribution in [3.8, 4) is 0 Å². The molecule has 1 aliphatic carbocycles. The van der Waals surface area contributed by atoms with Crippen molar-refractivity contribution >= 4 is 93.1 Å². The highest BCUT2D eigenvalue weighted by Gasteiger charge is 2.24. The number of carbonyl (C=O) groups is 10. The van der Waals surface area contributed by atoms with Crippen LogP contribution >= 0.6 is 34.0 Å². The molecule has 0 spiro atoms. The van der Waals surface area contributed by atoms with Crippen molar-refractivity contribution in [1.29, 1.82) is 0 Å². The summed E-state index contributed by atoms with van der Waals surface area (Å²) in [6.07, 6.45) is 11.8. The average Bonchev–Trinajstić information content (AvgIpc) is 1.67. The molecule has 10 amide bonds. The molecule has 552 valence electrons. The third-order valence-electron chi connectivity index (χ3n) is 14.2. The Bertz CT molecular complexity index is 3540. The number of thiophene rings is 2. The van der Waals surface area contributed by atoms with Crippen molar-refractivity contribution in [1.82, 2.24) is 72.7 Å². The molecule has 28 heteroatoms. The van der Waals surface area contributed by atoms with Crippen molar-refractivity contribution < 1.29 is 52.4 Å². The van der Waals surface area contributed by atoms with Crippen LogP contribution in [0.5, 0.6) is 0 Å². The van der Waals surface area contributed by atoms with Gasteiger partial charge in [-0.05, 0) is 169 Å². The van der Waals surface area contributed by atoms with Crippen LogP contribution in [0.15, 0.2) is 120 Å². The minimum atomic E-state index is -0.259. The number of hydrogen-bond donors (Lipinski definition) is 9. The molecule has 0 radical (unpaired) electrons. The van der Waals surface area contributed by atoms with Crippen LogP contribution in [0.3, 0.4) is 0 Å². The van der Waals surface area contributed by atoms with E-state index in [0.29, 0.717) is 34.4 Å². The topological polar surface area (TPSA) is 347 Å². The summed E-state index contributed by atoms with van der Waals surface area (Å²) in [5.41, 5.74) is 8.70. The Labute approximate surface area is 612 Å². The van der Waals surface area contributed by atoms with Crippen LogP contribution in [0.2, 0.25) is 0 Å². The number of carbonyl (C=O) groups excluding carboxylic acids is 10. The Balaban J connectivity index is 0.000000569. The molecule has 6 aromatic heterocycles. The van der Waals surface area contributed by atoms with Crippen LogP contribution in [0.4, 0.5) is 0 Å². The Morgan fingerprint density at radius 2 is 1.04 bits per heavy atom. The first kappa shape index (κ1) is 89.7.